The maximum atomic E-state index is 9.83. The number of hydrogen-bond acceptors (Lipinski definition) is 4. The van der Waals surface area contributed by atoms with Gasteiger partial charge in [-0.3, -0.25) is 0 Å². The fourth-order valence-corrected chi connectivity index (χ4v) is 2.36. The first kappa shape index (κ1) is 13.1. The van der Waals surface area contributed by atoms with E-state index in [1.165, 1.54) is 0 Å². The van der Waals surface area contributed by atoms with Crippen molar-refractivity contribution >= 4 is 11.6 Å². The second-order valence-electron chi connectivity index (χ2n) is 4.50. The monoisotopic (exact) mass is 291 g/mol. The summed E-state index contributed by atoms with van der Waals surface area (Å²) in [5, 5.41) is 13.5. The molecule has 104 valence electrons. The number of para-hydroxylation sites is 2. The number of nitrogens with one attached hydrogen (secondary N) is 1. The van der Waals surface area contributed by atoms with Crippen molar-refractivity contribution in [2.75, 3.05) is 6.79 Å². The highest BCUT2D eigenvalue weighted by atomic mass is 35.5. The Morgan fingerprint density at radius 1 is 1.05 bits per heavy atom. The Bertz CT molecular complexity index is 631. The molecule has 1 heterocycles. The summed E-state index contributed by atoms with van der Waals surface area (Å²) in [5.41, 5.74) is 1.80. The first-order valence-electron chi connectivity index (χ1n) is 6.30. The van der Waals surface area contributed by atoms with Crippen LogP contribution in [-0.4, -0.2) is 11.9 Å². The van der Waals surface area contributed by atoms with Crippen molar-refractivity contribution in [1.82, 2.24) is 5.32 Å². The second kappa shape index (κ2) is 5.61. The van der Waals surface area contributed by atoms with Crippen molar-refractivity contribution in [1.29, 1.82) is 0 Å². The molecule has 0 aromatic heterocycles. The maximum absolute atomic E-state index is 9.83. The molecule has 1 aliphatic heterocycles. The summed E-state index contributed by atoms with van der Waals surface area (Å²) in [4.78, 5) is 0. The van der Waals surface area contributed by atoms with Crippen molar-refractivity contribution < 1.29 is 14.6 Å². The fraction of sp³-hybridized carbons (Fsp3) is 0.200. The summed E-state index contributed by atoms with van der Waals surface area (Å²) in [6.07, 6.45) is 0. The van der Waals surface area contributed by atoms with Gasteiger partial charge in [0, 0.05) is 24.2 Å². The quantitative estimate of drug-likeness (QED) is 0.909. The van der Waals surface area contributed by atoms with Crippen LogP contribution in [0.15, 0.2) is 36.4 Å². The van der Waals surface area contributed by atoms with Crippen LogP contribution in [0.1, 0.15) is 11.1 Å². The molecule has 0 radical (unpaired) electrons. The van der Waals surface area contributed by atoms with E-state index in [1.807, 2.05) is 30.3 Å². The van der Waals surface area contributed by atoms with Gasteiger partial charge < -0.3 is 19.9 Å². The molecule has 3 rings (SSSR count). The zero-order chi connectivity index (χ0) is 13.9. The summed E-state index contributed by atoms with van der Waals surface area (Å²) >= 11 is 5.87. The van der Waals surface area contributed by atoms with Gasteiger partial charge in [-0.1, -0.05) is 35.9 Å². The lowest BCUT2D eigenvalue weighted by Gasteiger charge is -2.09. The van der Waals surface area contributed by atoms with Gasteiger partial charge in [-0.05, 0) is 12.1 Å². The Hall–Kier alpha value is -1.91. The number of fused-ring (bicyclic) bond motifs is 1. The van der Waals surface area contributed by atoms with E-state index < -0.39 is 0 Å². The number of phenolic OH excluding ortho intramolecular Hbond substituents is 1. The van der Waals surface area contributed by atoms with Crippen molar-refractivity contribution in [2.24, 2.45) is 0 Å². The molecule has 4 nitrogen and oxygen atoms in total. The zero-order valence-corrected chi connectivity index (χ0v) is 11.5. The molecule has 0 bridgehead atoms. The van der Waals surface area contributed by atoms with E-state index in [9.17, 15) is 5.11 Å². The molecule has 5 heteroatoms. The third-order valence-corrected chi connectivity index (χ3v) is 3.48. The van der Waals surface area contributed by atoms with Crippen molar-refractivity contribution in [2.45, 2.75) is 13.1 Å². The lowest BCUT2D eigenvalue weighted by molar-refractivity contribution is 0.173. The Morgan fingerprint density at radius 2 is 1.80 bits per heavy atom. The lowest BCUT2D eigenvalue weighted by atomic mass is 10.1. The van der Waals surface area contributed by atoms with Crippen LogP contribution in [0, 0.1) is 0 Å². The van der Waals surface area contributed by atoms with Crippen LogP contribution >= 0.6 is 11.6 Å². The van der Waals surface area contributed by atoms with Crippen LogP contribution in [0.2, 0.25) is 5.02 Å². The van der Waals surface area contributed by atoms with Gasteiger partial charge in [0.2, 0.25) is 6.79 Å². The van der Waals surface area contributed by atoms with E-state index in [2.05, 4.69) is 5.32 Å². The van der Waals surface area contributed by atoms with Gasteiger partial charge in [-0.2, -0.15) is 0 Å². The molecule has 0 unspecified atom stereocenters. The summed E-state index contributed by atoms with van der Waals surface area (Å²) in [6.45, 7) is 1.41. The van der Waals surface area contributed by atoms with Crippen LogP contribution < -0.4 is 14.8 Å². The molecule has 20 heavy (non-hydrogen) atoms. The Labute approximate surface area is 121 Å². The lowest BCUT2D eigenvalue weighted by Crippen LogP contribution is -2.13. The molecule has 0 saturated carbocycles. The molecule has 2 N–H and O–H groups in total. The highest BCUT2D eigenvalue weighted by molar-refractivity contribution is 6.32. The third-order valence-electron chi connectivity index (χ3n) is 3.18. The van der Waals surface area contributed by atoms with Gasteiger partial charge in [0.1, 0.15) is 5.75 Å². The smallest absolute Gasteiger partial charge is 0.231 e. The van der Waals surface area contributed by atoms with Crippen molar-refractivity contribution in [3.63, 3.8) is 0 Å². The average molecular weight is 292 g/mol. The highest BCUT2D eigenvalue weighted by Crippen LogP contribution is 2.35. The number of hydrogen-bond donors (Lipinski definition) is 2. The molecular weight excluding hydrogens is 278 g/mol. The van der Waals surface area contributed by atoms with Gasteiger partial charge >= 0.3 is 0 Å². The number of halogens is 1. The van der Waals surface area contributed by atoms with Crippen molar-refractivity contribution in [3.8, 4) is 17.2 Å². The molecule has 0 spiro atoms. The van der Waals surface area contributed by atoms with Gasteiger partial charge in [0.05, 0.1) is 5.02 Å². The number of phenols is 1. The molecular formula is C15H14ClNO3. The summed E-state index contributed by atoms with van der Waals surface area (Å²) in [5.74, 6) is 1.68. The molecule has 2 aromatic rings. The van der Waals surface area contributed by atoms with Crippen LogP contribution in [0.25, 0.3) is 0 Å². The van der Waals surface area contributed by atoms with Gasteiger partial charge in [0.15, 0.2) is 11.5 Å². The molecule has 2 aromatic carbocycles. The van der Waals surface area contributed by atoms with E-state index in [-0.39, 0.29) is 12.5 Å². The highest BCUT2D eigenvalue weighted by Gasteiger charge is 2.16. The van der Waals surface area contributed by atoms with Crippen LogP contribution in [0.5, 0.6) is 17.2 Å². The van der Waals surface area contributed by atoms with Crippen molar-refractivity contribution in [3.05, 3.63) is 52.5 Å². The summed E-state index contributed by atoms with van der Waals surface area (Å²) in [7, 11) is 0. The normalized spacial score (nSPS) is 12.7. The van der Waals surface area contributed by atoms with Crippen LogP contribution in [-0.2, 0) is 13.1 Å². The predicted octanol–water partition coefficient (Wildman–Crippen LogP) is 3.06. The molecule has 0 saturated heterocycles. The van der Waals surface area contributed by atoms with E-state index >= 15 is 0 Å². The molecule has 0 fully saturated rings. The first-order valence-corrected chi connectivity index (χ1v) is 6.68. The maximum Gasteiger partial charge on any atom is 0.231 e. The third kappa shape index (κ3) is 2.53. The second-order valence-corrected chi connectivity index (χ2v) is 4.91. The molecule has 0 amide bonds. The fourth-order valence-electron chi connectivity index (χ4n) is 2.16. The summed E-state index contributed by atoms with van der Waals surface area (Å²) < 4.78 is 10.8. The SMILES string of the molecule is Oc1c(Cl)cccc1CNCc1cccc2c1OCO2. The van der Waals surface area contributed by atoms with Crippen LogP contribution in [0.3, 0.4) is 0 Å². The Kier molecular flexibility index (Phi) is 3.67. The minimum absolute atomic E-state index is 0.125. The van der Waals surface area contributed by atoms with Gasteiger partial charge in [-0.15, -0.1) is 0 Å². The Balaban J connectivity index is 1.66. The number of rotatable bonds is 4. The van der Waals surface area contributed by atoms with E-state index in [0.29, 0.717) is 18.1 Å². The molecule has 1 aliphatic rings. The predicted molar refractivity (Wildman–Crippen MR) is 76.2 cm³/mol. The Morgan fingerprint density at radius 3 is 2.70 bits per heavy atom. The minimum Gasteiger partial charge on any atom is -0.506 e. The van der Waals surface area contributed by atoms with E-state index in [1.54, 1.807) is 6.07 Å². The molecule has 0 atom stereocenters. The van der Waals surface area contributed by atoms with E-state index in [4.69, 9.17) is 21.1 Å². The van der Waals surface area contributed by atoms with Crippen LogP contribution in [0.4, 0.5) is 0 Å². The topological polar surface area (TPSA) is 50.7 Å². The van der Waals surface area contributed by atoms with Gasteiger partial charge in [0.25, 0.3) is 0 Å². The zero-order valence-electron chi connectivity index (χ0n) is 10.7. The number of ether oxygens (including phenoxy) is 2. The largest absolute Gasteiger partial charge is 0.506 e. The number of benzene rings is 2. The summed E-state index contributed by atoms with van der Waals surface area (Å²) in [6, 6.07) is 11.1. The van der Waals surface area contributed by atoms with Gasteiger partial charge in [-0.25, -0.2) is 0 Å². The molecule has 0 aliphatic carbocycles. The number of aromatic hydroxyl groups is 1. The standard InChI is InChI=1S/C15H14ClNO3/c16-12-5-1-3-10(14(12)18)7-17-8-11-4-2-6-13-15(11)20-9-19-13/h1-6,17-18H,7-9H2. The first-order chi connectivity index (χ1) is 9.75. The minimum atomic E-state index is 0.125. The van der Waals surface area contributed by atoms with E-state index in [0.717, 1.165) is 22.6 Å². The average Bonchev–Trinajstić information content (AvgIpc) is 2.93.